The number of aromatic nitrogens is 1. The number of carbonyl (C=O) groups excluding carboxylic acids is 1. The van der Waals surface area contributed by atoms with Crippen LogP contribution in [0.15, 0.2) is 67.0 Å². The van der Waals surface area contributed by atoms with Gasteiger partial charge in [0.05, 0.1) is 28.8 Å². The Morgan fingerprint density at radius 1 is 0.943 bits per heavy atom. The molecule has 7 rings (SSSR count). The third-order valence-corrected chi connectivity index (χ3v) is 10.8. The monoisotopic (exact) mass is 757 g/mol. The molecule has 9 nitrogen and oxygen atoms in total. The molecule has 0 bridgehead atoms. The molecule has 1 atom stereocenters. The standard InChI is InChI=1S/C41H42Cl2FN5O4/c42-35-19-29(24-49-16-12-47-40(50)25-49)38(52-26-28-18-27(21-45)22-46-23-28)20-39(35)53-36-9-8-32-31(4-1-5-33(32)36)34-6-2-7-37(41(34)43)51-17-3-13-48-14-10-30(44)11-15-48/h1-2,4-7,18-20,22-23,30,36H,3,8-17,24-26H2,(H,47,50)/t36-/m0/s1. The third-order valence-electron chi connectivity index (χ3n) is 10.1. The number of amides is 1. The van der Waals surface area contributed by atoms with Gasteiger partial charge in [0.25, 0.3) is 0 Å². The van der Waals surface area contributed by atoms with Gasteiger partial charge in [0.1, 0.15) is 42.2 Å². The second-order valence-electron chi connectivity index (χ2n) is 13.8. The van der Waals surface area contributed by atoms with Gasteiger partial charge in [-0.25, -0.2) is 4.39 Å². The van der Waals surface area contributed by atoms with Crippen molar-refractivity contribution >= 4 is 29.1 Å². The summed E-state index contributed by atoms with van der Waals surface area (Å²) in [5.74, 6) is 1.70. The van der Waals surface area contributed by atoms with Crippen molar-refractivity contribution in [2.75, 3.05) is 45.9 Å². The maximum atomic E-state index is 13.5. The van der Waals surface area contributed by atoms with Gasteiger partial charge in [-0.1, -0.05) is 53.5 Å². The first-order valence-electron chi connectivity index (χ1n) is 18.2. The number of piperidine rings is 1. The van der Waals surface area contributed by atoms with Gasteiger partial charge in [-0.3, -0.25) is 14.7 Å². The summed E-state index contributed by atoms with van der Waals surface area (Å²) >= 11 is 13.9. The molecule has 1 aromatic heterocycles. The zero-order chi connectivity index (χ0) is 36.7. The van der Waals surface area contributed by atoms with Crippen molar-refractivity contribution in [2.45, 2.75) is 57.5 Å². The number of pyridine rings is 1. The van der Waals surface area contributed by atoms with Crippen molar-refractivity contribution < 1.29 is 23.4 Å². The number of alkyl halides is 1. The molecular weight excluding hydrogens is 716 g/mol. The number of piperazine rings is 1. The van der Waals surface area contributed by atoms with Gasteiger partial charge in [-0.2, -0.15) is 5.26 Å². The minimum Gasteiger partial charge on any atom is -0.492 e. The molecule has 0 spiro atoms. The summed E-state index contributed by atoms with van der Waals surface area (Å²) in [4.78, 5) is 20.6. The number of fused-ring (bicyclic) bond motifs is 1. The molecular formula is C41H42Cl2FN5O4. The van der Waals surface area contributed by atoms with Gasteiger partial charge in [0.15, 0.2) is 0 Å². The summed E-state index contributed by atoms with van der Waals surface area (Å²) in [6.45, 7) is 5.22. The molecule has 1 N–H and O–H groups in total. The molecule has 3 aromatic carbocycles. The number of nitrogens with one attached hydrogen (secondary N) is 1. The fraction of sp³-hybridized carbons (Fsp3) is 0.390. The molecule has 2 aliphatic heterocycles. The fourth-order valence-corrected chi connectivity index (χ4v) is 7.86. The Morgan fingerprint density at radius 2 is 1.77 bits per heavy atom. The van der Waals surface area contributed by atoms with Crippen molar-refractivity contribution in [3.8, 4) is 34.4 Å². The van der Waals surface area contributed by atoms with Crippen molar-refractivity contribution in [3.63, 3.8) is 0 Å². The smallest absolute Gasteiger partial charge is 0.234 e. The van der Waals surface area contributed by atoms with Gasteiger partial charge < -0.3 is 24.4 Å². The highest BCUT2D eigenvalue weighted by atomic mass is 35.5. The lowest BCUT2D eigenvalue weighted by atomic mass is 9.96. The van der Waals surface area contributed by atoms with Crippen LogP contribution in [0.25, 0.3) is 11.1 Å². The van der Waals surface area contributed by atoms with Crippen LogP contribution in [0.1, 0.15) is 59.6 Å². The number of benzene rings is 3. The largest absolute Gasteiger partial charge is 0.492 e. The Kier molecular flexibility index (Phi) is 12.0. The molecule has 2 saturated heterocycles. The molecule has 53 heavy (non-hydrogen) atoms. The number of hydrogen-bond donors (Lipinski definition) is 1. The molecule has 0 saturated carbocycles. The molecule has 3 aliphatic rings. The number of ether oxygens (including phenoxy) is 3. The van der Waals surface area contributed by atoms with Crippen LogP contribution in [0.3, 0.4) is 0 Å². The van der Waals surface area contributed by atoms with E-state index in [1.54, 1.807) is 12.3 Å². The predicted octanol–water partition coefficient (Wildman–Crippen LogP) is 7.71. The Hall–Kier alpha value is -4.40. The number of nitrogens with zero attached hydrogens (tertiary/aromatic N) is 4. The SMILES string of the molecule is N#Cc1cncc(COc2cc(O[C@H]3CCc4c(-c5cccc(OCCCN6CCC(F)CC6)c5Cl)cccc43)c(Cl)cc2CN2CCNC(=O)C2)c1. The highest BCUT2D eigenvalue weighted by Crippen LogP contribution is 2.45. The molecule has 4 aromatic rings. The van der Waals surface area contributed by atoms with Crippen LogP contribution in [-0.2, 0) is 24.4 Å². The van der Waals surface area contributed by atoms with E-state index in [4.69, 9.17) is 37.4 Å². The minimum atomic E-state index is -0.672. The first-order valence-corrected chi connectivity index (χ1v) is 18.9. The average molecular weight is 759 g/mol. The van der Waals surface area contributed by atoms with Crippen molar-refractivity contribution in [3.05, 3.63) is 105 Å². The molecule has 276 valence electrons. The second-order valence-corrected chi connectivity index (χ2v) is 14.6. The van der Waals surface area contributed by atoms with Crippen molar-refractivity contribution in [1.82, 2.24) is 20.1 Å². The molecule has 12 heteroatoms. The zero-order valence-corrected chi connectivity index (χ0v) is 31.0. The van der Waals surface area contributed by atoms with E-state index in [-0.39, 0.29) is 25.2 Å². The van der Waals surface area contributed by atoms with Crippen molar-refractivity contribution in [2.24, 2.45) is 0 Å². The molecule has 1 aliphatic carbocycles. The van der Waals surface area contributed by atoms with E-state index >= 15 is 0 Å². The van der Waals surface area contributed by atoms with E-state index in [1.807, 2.05) is 41.3 Å². The first kappa shape index (κ1) is 36.9. The lowest BCUT2D eigenvalue weighted by molar-refractivity contribution is -0.124. The van der Waals surface area contributed by atoms with Gasteiger partial charge in [0.2, 0.25) is 5.91 Å². The maximum Gasteiger partial charge on any atom is 0.234 e. The second kappa shape index (κ2) is 17.2. The van der Waals surface area contributed by atoms with Crippen LogP contribution in [0.4, 0.5) is 4.39 Å². The van der Waals surface area contributed by atoms with Crippen LogP contribution in [-0.4, -0.2) is 72.7 Å². The van der Waals surface area contributed by atoms with Crippen LogP contribution in [0.5, 0.6) is 17.2 Å². The number of rotatable bonds is 13. The lowest BCUT2D eigenvalue weighted by Gasteiger charge is -2.28. The summed E-state index contributed by atoms with van der Waals surface area (Å²) in [5, 5.41) is 13.2. The summed E-state index contributed by atoms with van der Waals surface area (Å²) in [6.07, 6.45) is 5.87. The number of carbonyl (C=O) groups is 1. The number of halogens is 3. The first-order chi connectivity index (χ1) is 25.8. The Morgan fingerprint density at radius 3 is 2.60 bits per heavy atom. The quantitative estimate of drug-likeness (QED) is 0.139. The topological polar surface area (TPSA) is 99.9 Å². The van der Waals surface area contributed by atoms with E-state index in [0.717, 1.165) is 66.7 Å². The van der Waals surface area contributed by atoms with Gasteiger partial charge in [0, 0.05) is 74.4 Å². The minimum absolute atomic E-state index is 0.0217. The van der Waals surface area contributed by atoms with E-state index in [1.165, 1.54) is 11.8 Å². The molecule has 0 unspecified atom stereocenters. The van der Waals surface area contributed by atoms with Crippen molar-refractivity contribution in [1.29, 1.82) is 5.26 Å². The summed E-state index contributed by atoms with van der Waals surface area (Å²) in [7, 11) is 0. The Balaban J connectivity index is 1.07. The highest BCUT2D eigenvalue weighted by molar-refractivity contribution is 6.35. The highest BCUT2D eigenvalue weighted by Gasteiger charge is 2.29. The zero-order valence-electron chi connectivity index (χ0n) is 29.5. The molecule has 2 fully saturated rings. The van der Waals surface area contributed by atoms with E-state index in [2.05, 4.69) is 33.4 Å². The molecule has 1 amide bonds. The van der Waals surface area contributed by atoms with E-state index in [9.17, 15) is 14.4 Å². The summed E-state index contributed by atoms with van der Waals surface area (Å²) in [5.41, 5.74) is 6.23. The summed E-state index contributed by atoms with van der Waals surface area (Å²) in [6, 6.07) is 19.6. The van der Waals surface area contributed by atoms with Crippen LogP contribution >= 0.6 is 23.2 Å². The predicted molar refractivity (Wildman–Crippen MR) is 202 cm³/mol. The van der Waals surface area contributed by atoms with Crippen LogP contribution < -0.4 is 19.5 Å². The van der Waals surface area contributed by atoms with E-state index < -0.39 is 6.17 Å². The number of nitriles is 1. The Labute approximate surface area is 319 Å². The summed E-state index contributed by atoms with van der Waals surface area (Å²) < 4.78 is 32.7. The number of hydrogen-bond acceptors (Lipinski definition) is 8. The number of likely N-dealkylation sites (tertiary alicyclic amines) is 1. The maximum absolute atomic E-state index is 13.5. The molecule has 0 radical (unpaired) electrons. The van der Waals surface area contributed by atoms with Gasteiger partial charge in [-0.15, -0.1) is 0 Å². The molecule has 3 heterocycles. The van der Waals surface area contributed by atoms with Gasteiger partial charge >= 0.3 is 0 Å². The van der Waals surface area contributed by atoms with Crippen LogP contribution in [0, 0.1) is 11.3 Å². The fourth-order valence-electron chi connectivity index (χ4n) is 7.35. The normalized spacial score (nSPS) is 17.9. The van der Waals surface area contributed by atoms with Crippen LogP contribution in [0.2, 0.25) is 10.0 Å². The van der Waals surface area contributed by atoms with Gasteiger partial charge in [-0.05, 0) is 67.0 Å². The Bertz CT molecular complexity index is 1980. The third kappa shape index (κ3) is 9.05. The lowest BCUT2D eigenvalue weighted by Crippen LogP contribution is -2.47. The average Bonchev–Trinajstić information content (AvgIpc) is 3.58. The van der Waals surface area contributed by atoms with E-state index in [0.29, 0.717) is 71.9 Å².